The van der Waals surface area contributed by atoms with Gasteiger partial charge in [0.25, 0.3) is 6.43 Å². The maximum Gasteiger partial charge on any atom is 0.296 e. The zero-order valence-corrected chi connectivity index (χ0v) is 18.4. The first-order valence-electron chi connectivity index (χ1n) is 10.9. The van der Waals surface area contributed by atoms with Crippen LogP contribution in [-0.2, 0) is 9.47 Å². The second-order valence-corrected chi connectivity index (χ2v) is 8.12. The molecule has 2 aliphatic rings. The summed E-state index contributed by atoms with van der Waals surface area (Å²) in [6.07, 6.45) is -2.91. The third-order valence-corrected chi connectivity index (χ3v) is 6.09. The first kappa shape index (κ1) is 21.7. The summed E-state index contributed by atoms with van der Waals surface area (Å²) in [5.74, 6) is 0.283. The molecule has 2 unspecified atom stereocenters. The van der Waals surface area contributed by atoms with Gasteiger partial charge >= 0.3 is 0 Å². The number of rotatable bonds is 4. The van der Waals surface area contributed by atoms with Crippen LogP contribution in [-0.4, -0.2) is 81.2 Å². The molecular weight excluding hydrogens is 436 g/mol. The van der Waals surface area contributed by atoms with Crippen molar-refractivity contribution in [1.29, 1.82) is 0 Å². The van der Waals surface area contributed by atoms with Crippen molar-refractivity contribution in [2.75, 3.05) is 49.3 Å². The predicted octanol–water partition coefficient (Wildman–Crippen LogP) is 2.30. The monoisotopic (exact) mass is 461 g/mol. The van der Waals surface area contributed by atoms with E-state index in [2.05, 4.69) is 15.0 Å². The molecule has 0 aliphatic carbocycles. The van der Waals surface area contributed by atoms with Crippen molar-refractivity contribution in [1.82, 2.24) is 24.5 Å². The normalized spacial score (nSPS) is 21.8. The molecule has 33 heavy (non-hydrogen) atoms. The largest absolute Gasteiger partial charge is 0.508 e. The maximum atomic E-state index is 14.0. The smallest absolute Gasteiger partial charge is 0.296 e. The molecule has 0 radical (unpaired) electrons. The van der Waals surface area contributed by atoms with Gasteiger partial charge < -0.3 is 24.4 Å². The number of hydrogen-bond donors (Lipinski definition) is 1. The minimum atomic E-state index is -2.87. The Morgan fingerprint density at radius 1 is 0.970 bits per heavy atom. The first-order chi connectivity index (χ1) is 15.9. The standard InChI is InChI=1S/C21H25F2N7O3/c1-12-13(2)33-10-7-29(12)20-25-19(28-5-8-32-9-6-28)26-21(27-20)30-16-4-3-14(31)11-15(16)24-18(30)17(22)23/h3-4,11-13,17,31H,5-10H2,1-2H3. The van der Waals surface area contributed by atoms with Crippen LogP contribution in [0.3, 0.4) is 0 Å². The summed E-state index contributed by atoms with van der Waals surface area (Å²) in [5, 5.41) is 9.81. The summed E-state index contributed by atoms with van der Waals surface area (Å²) in [4.78, 5) is 21.9. The van der Waals surface area contributed by atoms with Gasteiger partial charge in [0.1, 0.15) is 5.75 Å². The third-order valence-electron chi connectivity index (χ3n) is 6.09. The SMILES string of the molecule is CC1OCCN(c2nc(N3CCOCC3)nc(-n3c(C(F)F)nc4cc(O)ccc43)n2)C1C. The zero-order chi connectivity index (χ0) is 23.1. The lowest BCUT2D eigenvalue weighted by atomic mass is 10.1. The number of fused-ring (bicyclic) bond motifs is 1. The number of imidazole rings is 1. The van der Waals surface area contributed by atoms with E-state index in [1.807, 2.05) is 23.6 Å². The van der Waals surface area contributed by atoms with Gasteiger partial charge in [-0.25, -0.2) is 13.8 Å². The lowest BCUT2D eigenvalue weighted by Gasteiger charge is -2.38. The Labute approximate surface area is 188 Å². The van der Waals surface area contributed by atoms with Gasteiger partial charge in [0, 0.05) is 25.7 Å². The Bertz CT molecular complexity index is 1150. The Morgan fingerprint density at radius 2 is 1.70 bits per heavy atom. The van der Waals surface area contributed by atoms with Crippen molar-refractivity contribution in [2.45, 2.75) is 32.4 Å². The van der Waals surface area contributed by atoms with Gasteiger partial charge in [-0.1, -0.05) is 0 Å². The van der Waals surface area contributed by atoms with Crippen LogP contribution in [0.4, 0.5) is 20.7 Å². The van der Waals surface area contributed by atoms with Crippen LogP contribution in [0.2, 0.25) is 0 Å². The van der Waals surface area contributed by atoms with Gasteiger partial charge in [0.2, 0.25) is 17.8 Å². The van der Waals surface area contributed by atoms with Gasteiger partial charge in [-0.15, -0.1) is 0 Å². The summed E-state index contributed by atoms with van der Waals surface area (Å²) in [6.45, 7) is 7.28. The highest BCUT2D eigenvalue weighted by atomic mass is 19.3. The topological polar surface area (TPSA) is 102 Å². The summed E-state index contributed by atoms with van der Waals surface area (Å²) >= 11 is 0. The van der Waals surface area contributed by atoms with Gasteiger partial charge in [0.15, 0.2) is 5.82 Å². The predicted molar refractivity (Wildman–Crippen MR) is 116 cm³/mol. The number of anilines is 2. The number of hydrogen-bond acceptors (Lipinski definition) is 9. The van der Waals surface area contributed by atoms with Crippen LogP contribution >= 0.6 is 0 Å². The van der Waals surface area contributed by atoms with E-state index >= 15 is 0 Å². The van der Waals surface area contributed by atoms with Crippen LogP contribution < -0.4 is 9.80 Å². The van der Waals surface area contributed by atoms with E-state index in [9.17, 15) is 13.9 Å². The minimum Gasteiger partial charge on any atom is -0.508 e. The molecule has 1 N–H and O–H groups in total. The van der Waals surface area contributed by atoms with E-state index in [1.54, 1.807) is 0 Å². The molecule has 12 heteroatoms. The van der Waals surface area contributed by atoms with Gasteiger partial charge in [-0.3, -0.25) is 4.57 Å². The van der Waals surface area contributed by atoms with Crippen molar-refractivity contribution >= 4 is 22.9 Å². The van der Waals surface area contributed by atoms with E-state index in [0.29, 0.717) is 56.9 Å². The quantitative estimate of drug-likeness (QED) is 0.627. The molecule has 5 rings (SSSR count). The number of ether oxygens (including phenoxy) is 2. The molecule has 1 aromatic carbocycles. The van der Waals surface area contributed by atoms with E-state index in [-0.39, 0.29) is 29.4 Å². The Hall–Kier alpha value is -3.12. The van der Waals surface area contributed by atoms with Crippen molar-refractivity contribution in [3.63, 3.8) is 0 Å². The molecular formula is C21H25F2N7O3. The Kier molecular flexibility index (Phi) is 5.71. The summed E-state index contributed by atoms with van der Waals surface area (Å²) in [6, 6.07) is 4.28. The summed E-state index contributed by atoms with van der Waals surface area (Å²) < 4.78 is 40.4. The number of halogens is 2. The number of alkyl halides is 2. The molecule has 2 aliphatic heterocycles. The van der Waals surface area contributed by atoms with Crippen molar-refractivity contribution in [3.8, 4) is 11.7 Å². The molecule has 176 valence electrons. The molecule has 0 spiro atoms. The fraction of sp³-hybridized carbons (Fsp3) is 0.524. The fourth-order valence-electron chi connectivity index (χ4n) is 4.14. The van der Waals surface area contributed by atoms with E-state index in [1.165, 1.54) is 22.8 Å². The van der Waals surface area contributed by atoms with E-state index in [0.717, 1.165) is 0 Å². The molecule has 2 fully saturated rings. The van der Waals surface area contributed by atoms with Gasteiger partial charge in [-0.2, -0.15) is 15.0 Å². The maximum absolute atomic E-state index is 14.0. The second kappa shape index (κ2) is 8.67. The van der Waals surface area contributed by atoms with Crippen molar-refractivity contribution < 1.29 is 23.4 Å². The van der Waals surface area contributed by atoms with Gasteiger partial charge in [0.05, 0.1) is 43.0 Å². The fourth-order valence-corrected chi connectivity index (χ4v) is 4.14. The van der Waals surface area contributed by atoms with Crippen LogP contribution in [0.5, 0.6) is 5.75 Å². The lowest BCUT2D eigenvalue weighted by Crippen LogP contribution is -2.49. The molecule has 2 atom stereocenters. The highest BCUT2D eigenvalue weighted by Crippen LogP contribution is 2.30. The number of phenols is 1. The molecule has 2 saturated heterocycles. The average molecular weight is 461 g/mol. The number of morpholine rings is 2. The highest BCUT2D eigenvalue weighted by molar-refractivity contribution is 5.79. The van der Waals surface area contributed by atoms with E-state index < -0.39 is 12.2 Å². The number of aromatic hydroxyl groups is 1. The molecule has 4 heterocycles. The number of aromatic nitrogens is 5. The summed E-state index contributed by atoms with van der Waals surface area (Å²) in [5.41, 5.74) is 0.602. The lowest BCUT2D eigenvalue weighted by molar-refractivity contribution is 0.0277. The Morgan fingerprint density at radius 3 is 2.45 bits per heavy atom. The van der Waals surface area contributed by atoms with Crippen LogP contribution in [0.25, 0.3) is 17.0 Å². The molecule has 3 aromatic rings. The number of benzene rings is 1. The van der Waals surface area contributed by atoms with Gasteiger partial charge in [-0.05, 0) is 26.0 Å². The van der Waals surface area contributed by atoms with Crippen LogP contribution in [0.15, 0.2) is 18.2 Å². The van der Waals surface area contributed by atoms with Crippen LogP contribution in [0.1, 0.15) is 26.1 Å². The molecule has 10 nitrogen and oxygen atoms in total. The van der Waals surface area contributed by atoms with E-state index in [4.69, 9.17) is 14.5 Å². The van der Waals surface area contributed by atoms with Crippen molar-refractivity contribution in [2.24, 2.45) is 0 Å². The summed E-state index contributed by atoms with van der Waals surface area (Å²) in [7, 11) is 0. The highest BCUT2D eigenvalue weighted by Gasteiger charge is 2.30. The number of phenolic OH excluding ortho intramolecular Hbond substituents is 1. The molecule has 0 amide bonds. The average Bonchev–Trinajstić information content (AvgIpc) is 3.20. The first-order valence-corrected chi connectivity index (χ1v) is 10.9. The number of nitrogens with zero attached hydrogens (tertiary/aromatic N) is 7. The zero-order valence-electron chi connectivity index (χ0n) is 18.4. The van der Waals surface area contributed by atoms with Crippen LogP contribution in [0, 0.1) is 0 Å². The molecule has 0 bridgehead atoms. The van der Waals surface area contributed by atoms with Crippen molar-refractivity contribution in [3.05, 3.63) is 24.0 Å². The molecule has 2 aromatic heterocycles. The Balaban J connectivity index is 1.69. The minimum absolute atomic E-state index is 0.0161. The third kappa shape index (κ3) is 4.04. The second-order valence-electron chi connectivity index (χ2n) is 8.12. The molecule has 0 saturated carbocycles.